The zero-order valence-electron chi connectivity index (χ0n) is 17.4. The quantitative estimate of drug-likeness (QED) is 0.535. The van der Waals surface area contributed by atoms with Crippen LogP contribution in [0.25, 0.3) is 22.6 Å². The number of fused-ring (bicyclic) bond motifs is 2. The summed E-state index contributed by atoms with van der Waals surface area (Å²) in [6.07, 6.45) is 3.71. The molecule has 9 heteroatoms. The first-order valence-electron chi connectivity index (χ1n) is 10.6. The molecule has 2 aromatic carbocycles. The van der Waals surface area contributed by atoms with Crippen molar-refractivity contribution >= 4 is 33.2 Å². The van der Waals surface area contributed by atoms with Gasteiger partial charge in [-0.3, -0.25) is 0 Å². The summed E-state index contributed by atoms with van der Waals surface area (Å²) in [5, 5.41) is 10.9. The van der Waals surface area contributed by atoms with Crippen LogP contribution in [0.3, 0.4) is 0 Å². The second-order valence-electron chi connectivity index (χ2n) is 8.60. The fraction of sp³-hybridized carbons (Fsp3) is 0.348. The molecule has 32 heavy (non-hydrogen) atoms. The molecule has 168 valence electrons. The van der Waals surface area contributed by atoms with Gasteiger partial charge in [0, 0.05) is 28.2 Å². The number of nitrogens with zero attached hydrogens (tertiary/aromatic N) is 2. The molecule has 3 atom stereocenters. The van der Waals surface area contributed by atoms with Gasteiger partial charge in [0.15, 0.2) is 0 Å². The van der Waals surface area contributed by atoms with Crippen molar-refractivity contribution in [1.29, 1.82) is 0 Å². The van der Waals surface area contributed by atoms with Crippen LogP contribution in [0.1, 0.15) is 31.2 Å². The van der Waals surface area contributed by atoms with Crippen LogP contribution in [0, 0.1) is 6.92 Å². The molecule has 2 bridgehead atoms. The van der Waals surface area contributed by atoms with Crippen LogP contribution in [0.5, 0.6) is 0 Å². The molecular formula is C23H23Cl2N3O3S. The van der Waals surface area contributed by atoms with Gasteiger partial charge in [0.25, 0.3) is 0 Å². The maximum Gasteiger partial charge on any atom is 0.245 e. The predicted molar refractivity (Wildman–Crippen MR) is 125 cm³/mol. The van der Waals surface area contributed by atoms with Gasteiger partial charge in [0.05, 0.1) is 23.0 Å². The van der Waals surface area contributed by atoms with Crippen LogP contribution < -0.4 is 0 Å². The average molecular weight is 492 g/mol. The number of aliphatic hydroxyl groups is 1. The highest BCUT2D eigenvalue weighted by atomic mass is 35.5. The van der Waals surface area contributed by atoms with E-state index in [0.717, 1.165) is 29.7 Å². The summed E-state index contributed by atoms with van der Waals surface area (Å²) < 4.78 is 28.7. The second-order valence-corrected chi connectivity index (χ2v) is 11.2. The number of aliphatic hydroxyl groups excluding tert-OH is 1. The fourth-order valence-corrected chi connectivity index (χ4v) is 7.41. The molecule has 2 aliphatic heterocycles. The summed E-state index contributed by atoms with van der Waals surface area (Å²) in [6.45, 7) is 1.94. The van der Waals surface area contributed by atoms with Gasteiger partial charge < -0.3 is 10.1 Å². The number of halogens is 2. The summed E-state index contributed by atoms with van der Waals surface area (Å²) in [4.78, 5) is 7.77. The summed E-state index contributed by atoms with van der Waals surface area (Å²) in [7, 11) is -3.81. The van der Waals surface area contributed by atoms with Crippen LogP contribution in [0.2, 0.25) is 10.0 Å². The Hall–Kier alpha value is -1.90. The normalized spacial score (nSPS) is 23.6. The van der Waals surface area contributed by atoms with Gasteiger partial charge >= 0.3 is 0 Å². The minimum atomic E-state index is -3.81. The molecular weight excluding hydrogens is 469 g/mol. The molecule has 2 N–H and O–H groups in total. The molecule has 2 saturated heterocycles. The van der Waals surface area contributed by atoms with Crippen molar-refractivity contribution in [3.8, 4) is 22.6 Å². The molecule has 5 rings (SSSR count). The summed E-state index contributed by atoms with van der Waals surface area (Å²) in [5.74, 6) is 0.543. The molecule has 2 fully saturated rings. The van der Waals surface area contributed by atoms with Gasteiger partial charge in [-0.15, -0.1) is 0 Å². The van der Waals surface area contributed by atoms with Gasteiger partial charge in [0.2, 0.25) is 10.0 Å². The van der Waals surface area contributed by atoms with Crippen molar-refractivity contribution in [1.82, 2.24) is 14.3 Å². The van der Waals surface area contributed by atoms with Gasteiger partial charge in [-0.05, 0) is 62.4 Å². The van der Waals surface area contributed by atoms with Crippen LogP contribution in [0.15, 0.2) is 47.5 Å². The lowest BCUT2D eigenvalue weighted by molar-refractivity contribution is 0.0769. The number of sulfonamides is 1. The lowest BCUT2D eigenvalue weighted by Crippen LogP contribution is -2.47. The Morgan fingerprint density at radius 3 is 2.41 bits per heavy atom. The minimum Gasteiger partial charge on any atom is -0.393 e. The summed E-state index contributed by atoms with van der Waals surface area (Å²) in [6, 6.07) is 10.3. The van der Waals surface area contributed by atoms with Gasteiger partial charge in [-0.1, -0.05) is 35.3 Å². The Morgan fingerprint density at radius 1 is 1.03 bits per heavy atom. The first-order valence-corrected chi connectivity index (χ1v) is 12.8. The SMILES string of the molecule is Cc1ccc(-c2cnc(-c3ccc(Cl)c(S(=O)(=O)N4C5CC[C@@H]4CC(O)C5)c3)[nH]2)cc1Cl. The van der Waals surface area contributed by atoms with Gasteiger partial charge in [-0.2, -0.15) is 4.31 Å². The third kappa shape index (κ3) is 3.76. The van der Waals surface area contributed by atoms with E-state index in [2.05, 4.69) is 9.97 Å². The second kappa shape index (κ2) is 8.15. The molecule has 0 spiro atoms. The number of benzene rings is 2. The standard InChI is InChI=1S/C23H23Cl2N3O3S/c1-13-2-3-14(8-20(13)25)21-12-26-23(27-21)15-4-7-19(24)22(9-15)32(30,31)28-16-5-6-17(28)11-18(29)10-16/h2-4,7-9,12,16-18,29H,5-6,10-11H2,1H3,(H,26,27)/t16-,17?,18?/m1/s1. The number of aryl methyl sites for hydroxylation is 1. The lowest BCUT2D eigenvalue weighted by atomic mass is 10.0. The average Bonchev–Trinajstić information content (AvgIpc) is 3.34. The maximum absolute atomic E-state index is 13.6. The smallest absolute Gasteiger partial charge is 0.245 e. The minimum absolute atomic E-state index is 0.0706. The van der Waals surface area contributed by atoms with E-state index in [4.69, 9.17) is 23.2 Å². The molecule has 0 aliphatic carbocycles. The van der Waals surface area contributed by atoms with Crippen molar-refractivity contribution in [3.05, 3.63) is 58.2 Å². The predicted octanol–water partition coefficient (Wildman–Crippen LogP) is 5.04. The molecule has 1 aromatic heterocycles. The van der Waals surface area contributed by atoms with Crippen LogP contribution in [-0.2, 0) is 10.0 Å². The number of piperidine rings is 1. The summed E-state index contributed by atoms with van der Waals surface area (Å²) >= 11 is 12.6. The van der Waals surface area contributed by atoms with E-state index in [1.165, 1.54) is 0 Å². The van der Waals surface area contributed by atoms with E-state index in [-0.39, 0.29) is 22.0 Å². The number of aromatic nitrogens is 2. The Balaban J connectivity index is 1.50. The number of imidazole rings is 1. The molecule has 2 aliphatic rings. The zero-order chi connectivity index (χ0) is 22.6. The van der Waals surface area contributed by atoms with Crippen molar-refractivity contribution < 1.29 is 13.5 Å². The Bertz CT molecular complexity index is 1280. The molecule has 0 radical (unpaired) electrons. The van der Waals surface area contributed by atoms with Gasteiger partial charge in [0.1, 0.15) is 10.7 Å². The summed E-state index contributed by atoms with van der Waals surface area (Å²) in [5.41, 5.74) is 3.29. The third-order valence-corrected chi connectivity index (χ3v) is 9.35. The van der Waals surface area contributed by atoms with E-state index >= 15 is 0 Å². The molecule has 6 nitrogen and oxygen atoms in total. The molecule has 0 amide bonds. The van der Waals surface area contributed by atoms with E-state index in [9.17, 15) is 13.5 Å². The Labute approximate surface area is 197 Å². The number of aromatic amines is 1. The molecule has 2 unspecified atom stereocenters. The highest BCUT2D eigenvalue weighted by Crippen LogP contribution is 2.41. The fourth-order valence-electron chi connectivity index (χ4n) is 4.83. The van der Waals surface area contributed by atoms with Crippen molar-refractivity contribution in [2.45, 2.75) is 55.7 Å². The number of nitrogens with one attached hydrogen (secondary N) is 1. The van der Waals surface area contributed by atoms with Crippen molar-refractivity contribution in [3.63, 3.8) is 0 Å². The number of hydrogen-bond acceptors (Lipinski definition) is 4. The van der Waals surface area contributed by atoms with E-state index in [0.29, 0.717) is 29.3 Å². The number of rotatable bonds is 4. The number of hydrogen-bond donors (Lipinski definition) is 2. The Morgan fingerprint density at radius 2 is 1.72 bits per heavy atom. The maximum atomic E-state index is 13.6. The van der Waals surface area contributed by atoms with Crippen LogP contribution in [0.4, 0.5) is 0 Å². The van der Waals surface area contributed by atoms with E-state index in [1.54, 1.807) is 28.7 Å². The zero-order valence-corrected chi connectivity index (χ0v) is 19.8. The first kappa shape index (κ1) is 21.9. The highest BCUT2D eigenvalue weighted by molar-refractivity contribution is 7.89. The number of H-pyrrole nitrogens is 1. The molecule has 3 heterocycles. The van der Waals surface area contributed by atoms with Crippen LogP contribution >= 0.6 is 23.2 Å². The van der Waals surface area contributed by atoms with Gasteiger partial charge in [-0.25, -0.2) is 13.4 Å². The lowest BCUT2D eigenvalue weighted by Gasteiger charge is -2.36. The molecule has 3 aromatic rings. The first-order chi connectivity index (χ1) is 15.2. The van der Waals surface area contributed by atoms with E-state index < -0.39 is 16.1 Å². The van der Waals surface area contributed by atoms with Crippen molar-refractivity contribution in [2.24, 2.45) is 0 Å². The third-order valence-electron chi connectivity index (χ3n) is 6.46. The highest BCUT2D eigenvalue weighted by Gasteiger charge is 2.47. The molecule has 0 saturated carbocycles. The van der Waals surface area contributed by atoms with E-state index in [1.807, 2.05) is 25.1 Å². The topological polar surface area (TPSA) is 86.3 Å². The van der Waals surface area contributed by atoms with Crippen molar-refractivity contribution in [2.75, 3.05) is 0 Å². The monoisotopic (exact) mass is 491 g/mol. The largest absolute Gasteiger partial charge is 0.393 e. The van der Waals surface area contributed by atoms with Crippen LogP contribution in [-0.4, -0.2) is 46.0 Å². The Kier molecular flexibility index (Phi) is 5.58.